The van der Waals surface area contributed by atoms with Gasteiger partial charge in [-0.2, -0.15) is 4.31 Å². The maximum absolute atomic E-state index is 13.5. The van der Waals surface area contributed by atoms with E-state index in [1.165, 1.54) is 49.0 Å². The Bertz CT molecular complexity index is 1400. The molecule has 0 N–H and O–H groups in total. The van der Waals surface area contributed by atoms with Gasteiger partial charge in [-0.3, -0.25) is 0 Å². The summed E-state index contributed by atoms with van der Waals surface area (Å²) in [6.07, 6.45) is 1.43. The summed E-state index contributed by atoms with van der Waals surface area (Å²) in [6.45, 7) is 4.40. The molecule has 0 amide bonds. The van der Waals surface area contributed by atoms with Gasteiger partial charge in [-0.15, -0.1) is 0 Å². The number of aromatic nitrogens is 2. The van der Waals surface area contributed by atoms with E-state index < -0.39 is 19.9 Å². The van der Waals surface area contributed by atoms with Crippen molar-refractivity contribution in [3.63, 3.8) is 0 Å². The van der Waals surface area contributed by atoms with Gasteiger partial charge in [0.15, 0.2) is 0 Å². The third-order valence-corrected chi connectivity index (χ3v) is 9.26. The zero-order valence-corrected chi connectivity index (χ0v) is 23.7. The number of imidazole rings is 1. The van der Waals surface area contributed by atoms with Crippen molar-refractivity contribution in [3.05, 3.63) is 71.0 Å². The second-order valence-electron chi connectivity index (χ2n) is 8.93. The van der Waals surface area contributed by atoms with Gasteiger partial charge in [0, 0.05) is 25.2 Å². The van der Waals surface area contributed by atoms with Gasteiger partial charge in [0.25, 0.3) is 0 Å². The standard InChI is InChI=1S/C25H32ClN3O6S2/c1-19(2)16-29-22(15-27-25(29)36(30,31)18-20-6-5-7-23(14-20)35-4)17-28(12-13-34-3)37(32,33)24-10-8-21(26)9-11-24/h5-11,14-15,19H,12-13,16-18H2,1-4H3. The first-order valence-corrected chi connectivity index (χ1v) is 15.1. The maximum Gasteiger partial charge on any atom is 0.243 e. The van der Waals surface area contributed by atoms with Crippen molar-refractivity contribution in [1.82, 2.24) is 13.9 Å². The summed E-state index contributed by atoms with van der Waals surface area (Å²) >= 11 is 5.94. The number of halogens is 1. The topological polar surface area (TPSA) is 108 Å². The van der Waals surface area contributed by atoms with Gasteiger partial charge >= 0.3 is 0 Å². The minimum atomic E-state index is -3.93. The highest BCUT2D eigenvalue weighted by Gasteiger charge is 2.29. The predicted molar refractivity (Wildman–Crippen MR) is 142 cm³/mol. The van der Waals surface area contributed by atoms with Crippen LogP contribution in [0.25, 0.3) is 0 Å². The second kappa shape index (κ2) is 12.4. The number of ether oxygens (including phenoxy) is 2. The highest BCUT2D eigenvalue weighted by atomic mass is 35.5. The van der Waals surface area contributed by atoms with E-state index in [1.807, 2.05) is 13.8 Å². The third kappa shape index (κ3) is 7.32. The molecule has 3 aromatic rings. The molecule has 0 saturated heterocycles. The van der Waals surface area contributed by atoms with Gasteiger partial charge in [0.05, 0.1) is 42.8 Å². The van der Waals surface area contributed by atoms with Gasteiger partial charge < -0.3 is 14.0 Å². The van der Waals surface area contributed by atoms with Crippen molar-refractivity contribution in [3.8, 4) is 5.75 Å². The molecule has 0 aliphatic carbocycles. The van der Waals surface area contributed by atoms with Crippen LogP contribution in [0.15, 0.2) is 64.8 Å². The summed E-state index contributed by atoms with van der Waals surface area (Å²) in [5.41, 5.74) is 1.03. The minimum Gasteiger partial charge on any atom is -0.497 e. The lowest BCUT2D eigenvalue weighted by Gasteiger charge is -2.23. The number of methoxy groups -OCH3 is 2. The molecular weight excluding hydrogens is 538 g/mol. The zero-order chi connectivity index (χ0) is 27.2. The Morgan fingerprint density at radius 3 is 2.38 bits per heavy atom. The fourth-order valence-corrected chi connectivity index (χ4v) is 6.80. The first-order valence-electron chi connectivity index (χ1n) is 11.6. The molecule has 2 aromatic carbocycles. The van der Waals surface area contributed by atoms with E-state index in [9.17, 15) is 16.8 Å². The Kier molecular flexibility index (Phi) is 9.76. The molecule has 9 nitrogen and oxygen atoms in total. The largest absolute Gasteiger partial charge is 0.497 e. The maximum atomic E-state index is 13.5. The Labute approximate surface area is 224 Å². The summed E-state index contributed by atoms with van der Waals surface area (Å²) in [5.74, 6) is 0.369. The molecule has 0 aliphatic heterocycles. The highest BCUT2D eigenvalue weighted by Crippen LogP contribution is 2.25. The molecule has 0 saturated carbocycles. The van der Waals surface area contributed by atoms with Crippen LogP contribution in [-0.4, -0.2) is 58.1 Å². The van der Waals surface area contributed by atoms with Gasteiger partial charge in [0.2, 0.25) is 25.0 Å². The van der Waals surface area contributed by atoms with Gasteiger partial charge in [-0.25, -0.2) is 21.8 Å². The van der Waals surface area contributed by atoms with E-state index in [0.29, 0.717) is 28.6 Å². The Balaban J connectivity index is 2.00. The zero-order valence-electron chi connectivity index (χ0n) is 21.3. The fraction of sp³-hybridized carbons (Fsp3) is 0.400. The van der Waals surface area contributed by atoms with Crippen LogP contribution in [0.4, 0.5) is 0 Å². The summed E-state index contributed by atoms with van der Waals surface area (Å²) < 4.78 is 67.0. The van der Waals surface area contributed by atoms with Crippen molar-refractivity contribution < 1.29 is 26.3 Å². The third-order valence-electron chi connectivity index (χ3n) is 5.55. The monoisotopic (exact) mass is 569 g/mol. The number of nitrogens with zero attached hydrogens (tertiary/aromatic N) is 3. The Morgan fingerprint density at radius 1 is 1.05 bits per heavy atom. The average Bonchev–Trinajstić information content (AvgIpc) is 3.24. The van der Waals surface area contributed by atoms with E-state index in [2.05, 4.69) is 4.98 Å². The van der Waals surface area contributed by atoms with E-state index in [0.717, 1.165) is 0 Å². The molecule has 3 rings (SSSR count). The molecule has 202 valence electrons. The molecule has 0 unspecified atom stereocenters. The van der Waals surface area contributed by atoms with Crippen LogP contribution in [0, 0.1) is 5.92 Å². The molecule has 0 fully saturated rings. The molecule has 0 spiro atoms. The first kappa shape index (κ1) is 29.1. The number of hydrogen-bond acceptors (Lipinski definition) is 7. The van der Waals surface area contributed by atoms with Crippen LogP contribution in [-0.2, 0) is 43.4 Å². The molecule has 12 heteroatoms. The lowest BCUT2D eigenvalue weighted by molar-refractivity contribution is 0.176. The van der Waals surface area contributed by atoms with Gasteiger partial charge in [-0.1, -0.05) is 37.6 Å². The molecule has 1 heterocycles. The van der Waals surface area contributed by atoms with Crippen molar-refractivity contribution in [2.75, 3.05) is 27.4 Å². The number of sulfone groups is 1. The van der Waals surface area contributed by atoms with Gasteiger partial charge in [-0.05, 0) is 47.9 Å². The van der Waals surface area contributed by atoms with Gasteiger partial charge in [0.1, 0.15) is 5.75 Å². The predicted octanol–water partition coefficient (Wildman–Crippen LogP) is 4.01. The van der Waals surface area contributed by atoms with E-state index in [-0.39, 0.29) is 41.4 Å². The summed E-state index contributed by atoms with van der Waals surface area (Å²) in [4.78, 5) is 4.33. The van der Waals surface area contributed by atoms with Crippen LogP contribution in [0.1, 0.15) is 25.1 Å². The Morgan fingerprint density at radius 2 is 1.76 bits per heavy atom. The second-order valence-corrected chi connectivity index (χ2v) is 13.2. The minimum absolute atomic E-state index is 0.0697. The van der Waals surface area contributed by atoms with E-state index in [1.54, 1.807) is 28.8 Å². The number of benzene rings is 2. The van der Waals surface area contributed by atoms with E-state index in [4.69, 9.17) is 21.1 Å². The molecule has 1 aromatic heterocycles. The Hall–Kier alpha value is -2.44. The van der Waals surface area contributed by atoms with E-state index >= 15 is 0 Å². The van der Waals surface area contributed by atoms with Crippen LogP contribution in [0.3, 0.4) is 0 Å². The van der Waals surface area contributed by atoms with Crippen molar-refractivity contribution in [2.24, 2.45) is 5.92 Å². The quantitative estimate of drug-likeness (QED) is 0.306. The lowest BCUT2D eigenvalue weighted by Crippen LogP contribution is -2.34. The van der Waals surface area contributed by atoms with Crippen LogP contribution < -0.4 is 4.74 Å². The number of hydrogen-bond donors (Lipinski definition) is 0. The first-order chi connectivity index (χ1) is 17.5. The van der Waals surface area contributed by atoms with Crippen molar-refractivity contribution in [2.45, 2.75) is 42.7 Å². The normalized spacial score (nSPS) is 12.4. The number of rotatable bonds is 13. The SMILES string of the molecule is COCCN(Cc1cnc(S(=O)(=O)Cc2cccc(OC)c2)n1CC(C)C)S(=O)(=O)c1ccc(Cl)cc1. The molecular formula is C25H32ClN3O6S2. The molecule has 0 radical (unpaired) electrons. The average molecular weight is 570 g/mol. The van der Waals surface area contributed by atoms with Crippen molar-refractivity contribution >= 4 is 31.5 Å². The lowest BCUT2D eigenvalue weighted by atomic mass is 10.2. The molecule has 37 heavy (non-hydrogen) atoms. The summed E-state index contributed by atoms with van der Waals surface area (Å²) in [6, 6.07) is 12.7. The fourth-order valence-electron chi connectivity index (χ4n) is 3.79. The number of sulfonamides is 1. The van der Waals surface area contributed by atoms with Crippen LogP contribution in [0.5, 0.6) is 5.75 Å². The highest BCUT2D eigenvalue weighted by molar-refractivity contribution is 7.90. The summed E-state index contributed by atoms with van der Waals surface area (Å²) in [5, 5.41) is 0.317. The van der Waals surface area contributed by atoms with Crippen LogP contribution >= 0.6 is 11.6 Å². The molecule has 0 atom stereocenters. The summed E-state index contributed by atoms with van der Waals surface area (Å²) in [7, 11) is -4.77. The molecule has 0 aliphatic rings. The van der Waals surface area contributed by atoms with Crippen molar-refractivity contribution in [1.29, 1.82) is 0 Å². The smallest absolute Gasteiger partial charge is 0.243 e. The van der Waals surface area contributed by atoms with Crippen LogP contribution in [0.2, 0.25) is 5.02 Å². The molecule has 0 bridgehead atoms.